The van der Waals surface area contributed by atoms with Crippen molar-refractivity contribution in [3.63, 3.8) is 0 Å². The van der Waals surface area contributed by atoms with Crippen molar-refractivity contribution in [1.82, 2.24) is 13.9 Å². The van der Waals surface area contributed by atoms with Gasteiger partial charge in [0.2, 0.25) is 16.0 Å². The zero-order valence-corrected chi connectivity index (χ0v) is 20.0. The van der Waals surface area contributed by atoms with Gasteiger partial charge in [-0.3, -0.25) is 0 Å². The molecule has 2 aliphatic rings. The van der Waals surface area contributed by atoms with Gasteiger partial charge in [-0.05, 0) is 29.8 Å². The number of hydrogen-bond acceptors (Lipinski definition) is 6. The van der Waals surface area contributed by atoms with Crippen molar-refractivity contribution in [2.45, 2.75) is 11.4 Å². The van der Waals surface area contributed by atoms with Crippen LogP contribution in [0.25, 0.3) is 11.0 Å². The van der Waals surface area contributed by atoms with E-state index >= 15 is 0 Å². The average Bonchev–Trinajstić information content (AvgIpc) is 3.27. The molecule has 9 heteroatoms. The Kier molecular flexibility index (Phi) is 5.58. The Morgan fingerprint density at radius 2 is 1.51 bits per heavy atom. The largest absolute Gasteiger partial charge is 0.486 e. The standard InChI is InChI=1S/C26H26N4O4S/c31-35(32,21-10-11-24-25(18-21)34-17-16-33-24)29-14-12-28(13-15-29)26-27-22-8-4-5-9-23(22)30(26)19-20-6-2-1-3-7-20/h1-11,18H,12-17,19H2. The summed E-state index contributed by atoms with van der Waals surface area (Å²) in [6, 6.07) is 23.2. The van der Waals surface area contributed by atoms with Crippen LogP contribution in [-0.2, 0) is 16.6 Å². The summed E-state index contributed by atoms with van der Waals surface area (Å²) in [5, 5.41) is 0. The van der Waals surface area contributed by atoms with E-state index in [1.54, 1.807) is 22.5 Å². The highest BCUT2D eigenvalue weighted by Gasteiger charge is 2.31. The first-order chi connectivity index (χ1) is 17.1. The van der Waals surface area contributed by atoms with Crippen LogP contribution in [0.1, 0.15) is 5.56 Å². The monoisotopic (exact) mass is 490 g/mol. The molecule has 8 nitrogen and oxygen atoms in total. The van der Waals surface area contributed by atoms with Crippen LogP contribution in [0.2, 0.25) is 0 Å². The smallest absolute Gasteiger partial charge is 0.243 e. The molecule has 2 aliphatic heterocycles. The van der Waals surface area contributed by atoms with Crippen molar-refractivity contribution in [2.75, 3.05) is 44.3 Å². The van der Waals surface area contributed by atoms with Gasteiger partial charge < -0.3 is 18.9 Å². The molecule has 1 aromatic heterocycles. The maximum Gasteiger partial charge on any atom is 0.243 e. The van der Waals surface area contributed by atoms with Crippen LogP contribution in [0.3, 0.4) is 0 Å². The van der Waals surface area contributed by atoms with Crippen LogP contribution in [-0.4, -0.2) is 61.7 Å². The Labute approximate surface area is 204 Å². The summed E-state index contributed by atoms with van der Waals surface area (Å²) in [6.07, 6.45) is 0. The zero-order valence-electron chi connectivity index (χ0n) is 19.2. The van der Waals surface area contributed by atoms with Gasteiger partial charge in [-0.2, -0.15) is 4.31 Å². The first-order valence-corrected chi connectivity index (χ1v) is 13.2. The highest BCUT2D eigenvalue weighted by Crippen LogP contribution is 2.33. The minimum absolute atomic E-state index is 0.228. The van der Waals surface area contributed by atoms with Crippen molar-refractivity contribution in [3.8, 4) is 11.5 Å². The summed E-state index contributed by atoms with van der Waals surface area (Å²) in [5.41, 5.74) is 3.19. The summed E-state index contributed by atoms with van der Waals surface area (Å²) in [5.74, 6) is 1.93. The third kappa shape index (κ3) is 4.11. The molecular formula is C26H26N4O4S. The molecule has 0 atom stereocenters. The first kappa shape index (κ1) is 21.9. The van der Waals surface area contributed by atoms with Crippen LogP contribution in [0.4, 0.5) is 5.95 Å². The van der Waals surface area contributed by atoms with Gasteiger partial charge >= 0.3 is 0 Å². The molecular weight excluding hydrogens is 464 g/mol. The van der Waals surface area contributed by atoms with E-state index in [9.17, 15) is 8.42 Å². The van der Waals surface area contributed by atoms with Gasteiger partial charge in [0.05, 0.1) is 22.5 Å². The van der Waals surface area contributed by atoms with Crippen LogP contribution in [0.15, 0.2) is 77.7 Å². The lowest BCUT2D eigenvalue weighted by atomic mass is 10.2. The Morgan fingerprint density at radius 1 is 0.800 bits per heavy atom. The Balaban J connectivity index is 1.24. The molecule has 0 radical (unpaired) electrons. The molecule has 0 unspecified atom stereocenters. The van der Waals surface area contributed by atoms with Crippen LogP contribution < -0.4 is 14.4 Å². The normalized spacial score (nSPS) is 16.5. The van der Waals surface area contributed by atoms with E-state index in [1.807, 2.05) is 36.4 Å². The number of ether oxygens (including phenoxy) is 2. The summed E-state index contributed by atoms with van der Waals surface area (Å²) in [4.78, 5) is 7.32. The molecule has 0 aliphatic carbocycles. The fraction of sp³-hybridized carbons (Fsp3) is 0.269. The third-order valence-electron chi connectivity index (χ3n) is 6.49. The molecule has 0 N–H and O–H groups in total. The minimum atomic E-state index is -3.64. The van der Waals surface area contributed by atoms with Gasteiger partial charge in [0, 0.05) is 32.2 Å². The maximum absolute atomic E-state index is 13.4. The number of rotatable bonds is 5. The van der Waals surface area contributed by atoms with Crippen molar-refractivity contribution >= 4 is 27.0 Å². The summed E-state index contributed by atoms with van der Waals surface area (Å²) < 4.78 is 41.6. The molecule has 0 bridgehead atoms. The highest BCUT2D eigenvalue weighted by molar-refractivity contribution is 7.89. The van der Waals surface area contributed by atoms with E-state index in [0.717, 1.165) is 17.0 Å². The van der Waals surface area contributed by atoms with E-state index in [4.69, 9.17) is 14.5 Å². The number of hydrogen-bond donors (Lipinski definition) is 0. The predicted molar refractivity (Wildman–Crippen MR) is 134 cm³/mol. The zero-order chi connectivity index (χ0) is 23.8. The van der Waals surface area contributed by atoms with Gasteiger partial charge in [-0.1, -0.05) is 42.5 Å². The van der Waals surface area contributed by atoms with Crippen molar-refractivity contribution in [3.05, 3.63) is 78.4 Å². The molecule has 3 heterocycles. The molecule has 0 spiro atoms. The van der Waals surface area contributed by atoms with Gasteiger partial charge in [-0.15, -0.1) is 0 Å². The number of benzene rings is 3. The average molecular weight is 491 g/mol. The van der Waals surface area contributed by atoms with Crippen LogP contribution >= 0.6 is 0 Å². The molecule has 6 rings (SSSR count). The van der Waals surface area contributed by atoms with Gasteiger partial charge in [0.15, 0.2) is 11.5 Å². The predicted octanol–water partition coefficient (Wildman–Crippen LogP) is 3.37. The lowest BCUT2D eigenvalue weighted by Gasteiger charge is -2.35. The second-order valence-corrected chi connectivity index (χ2v) is 10.6. The van der Waals surface area contributed by atoms with Crippen LogP contribution in [0.5, 0.6) is 11.5 Å². The number of sulfonamides is 1. The summed E-state index contributed by atoms with van der Waals surface area (Å²) in [7, 11) is -3.64. The second-order valence-electron chi connectivity index (χ2n) is 8.67. The van der Waals surface area contributed by atoms with E-state index in [1.165, 1.54) is 5.56 Å². The SMILES string of the molecule is O=S(=O)(c1ccc2c(c1)OCCO2)N1CCN(c2nc3ccccc3n2Cc2ccccc2)CC1. The van der Waals surface area contributed by atoms with Crippen molar-refractivity contribution < 1.29 is 17.9 Å². The number of nitrogens with zero attached hydrogens (tertiary/aromatic N) is 4. The number of fused-ring (bicyclic) bond motifs is 2. The maximum atomic E-state index is 13.4. The summed E-state index contributed by atoms with van der Waals surface area (Å²) in [6.45, 7) is 3.46. The Hall–Kier alpha value is -3.56. The number of anilines is 1. The number of piperazine rings is 1. The Bertz CT molecular complexity index is 1460. The van der Waals surface area contributed by atoms with Crippen molar-refractivity contribution in [2.24, 2.45) is 0 Å². The van der Waals surface area contributed by atoms with Gasteiger partial charge in [0.1, 0.15) is 13.2 Å². The quantitative estimate of drug-likeness (QED) is 0.427. The Morgan fingerprint density at radius 3 is 2.31 bits per heavy atom. The number of para-hydroxylation sites is 2. The fourth-order valence-corrected chi connectivity index (χ4v) is 6.13. The van der Waals surface area contributed by atoms with E-state index in [2.05, 4.69) is 27.7 Å². The molecule has 180 valence electrons. The molecule has 1 saturated heterocycles. The fourth-order valence-electron chi connectivity index (χ4n) is 4.69. The summed E-state index contributed by atoms with van der Waals surface area (Å²) >= 11 is 0. The van der Waals surface area contributed by atoms with E-state index in [0.29, 0.717) is 57.4 Å². The topological polar surface area (TPSA) is 76.9 Å². The lowest BCUT2D eigenvalue weighted by molar-refractivity contribution is 0.171. The first-order valence-electron chi connectivity index (χ1n) is 11.7. The third-order valence-corrected chi connectivity index (χ3v) is 8.39. The molecule has 0 saturated carbocycles. The lowest BCUT2D eigenvalue weighted by Crippen LogP contribution is -2.49. The molecule has 4 aromatic rings. The van der Waals surface area contributed by atoms with Crippen LogP contribution in [0, 0.1) is 0 Å². The number of imidazole rings is 1. The van der Waals surface area contributed by atoms with Crippen molar-refractivity contribution in [1.29, 1.82) is 0 Å². The van der Waals surface area contributed by atoms with E-state index < -0.39 is 10.0 Å². The second kappa shape index (κ2) is 8.90. The molecule has 1 fully saturated rings. The molecule has 3 aromatic carbocycles. The van der Waals surface area contributed by atoms with Gasteiger partial charge in [-0.25, -0.2) is 13.4 Å². The minimum Gasteiger partial charge on any atom is -0.486 e. The molecule has 0 amide bonds. The molecule has 35 heavy (non-hydrogen) atoms. The van der Waals surface area contributed by atoms with E-state index in [-0.39, 0.29) is 4.90 Å². The van der Waals surface area contributed by atoms with Gasteiger partial charge in [0.25, 0.3) is 0 Å². The highest BCUT2D eigenvalue weighted by atomic mass is 32.2. The number of aromatic nitrogens is 2.